The smallest absolute Gasteiger partial charge is 0.288 e. The highest BCUT2D eigenvalue weighted by atomic mass is 32.1. The number of aromatic nitrogens is 2. The molecule has 0 unspecified atom stereocenters. The minimum absolute atomic E-state index is 0.804. The molecule has 1 aliphatic heterocycles. The van der Waals surface area contributed by atoms with E-state index in [9.17, 15) is 0 Å². The van der Waals surface area contributed by atoms with Crippen molar-refractivity contribution in [3.8, 4) is 22.8 Å². The molecule has 27 heavy (non-hydrogen) atoms. The van der Waals surface area contributed by atoms with Gasteiger partial charge in [-0.1, -0.05) is 37.0 Å². The molecule has 4 aromatic rings. The molecular weight excluding hydrogens is 372 g/mol. The van der Waals surface area contributed by atoms with Gasteiger partial charge in [0.15, 0.2) is 11.4 Å². The van der Waals surface area contributed by atoms with Crippen molar-refractivity contribution in [1.29, 1.82) is 0 Å². The Bertz CT molecular complexity index is 1210. The van der Waals surface area contributed by atoms with E-state index in [1.807, 2.05) is 17.7 Å². The second-order valence-corrected chi connectivity index (χ2v) is 9.93. The summed E-state index contributed by atoms with van der Waals surface area (Å²) in [5, 5.41) is 4.71. The third-order valence-corrected chi connectivity index (χ3v) is 8.20. The first kappa shape index (κ1) is 16.0. The molecule has 0 radical (unpaired) electrons. The highest BCUT2D eigenvalue weighted by Crippen LogP contribution is 2.52. The summed E-state index contributed by atoms with van der Waals surface area (Å²) in [7, 11) is 2.10. The molecule has 0 spiro atoms. The number of ether oxygens (including phenoxy) is 1. The van der Waals surface area contributed by atoms with Crippen LogP contribution in [0.25, 0.3) is 31.6 Å². The number of nitrogens with zero attached hydrogens (tertiary/aromatic N) is 2. The molecule has 3 nitrogen and oxygen atoms in total. The lowest BCUT2D eigenvalue weighted by molar-refractivity contribution is -0.662. The van der Waals surface area contributed by atoms with E-state index < -0.39 is 0 Å². The van der Waals surface area contributed by atoms with Crippen molar-refractivity contribution in [1.82, 2.24) is 4.98 Å². The summed E-state index contributed by atoms with van der Waals surface area (Å²) in [5.74, 6) is 2.88. The van der Waals surface area contributed by atoms with Crippen molar-refractivity contribution in [2.24, 2.45) is 13.0 Å². The van der Waals surface area contributed by atoms with Crippen molar-refractivity contribution < 1.29 is 9.30 Å². The zero-order chi connectivity index (χ0) is 18.1. The Kier molecular flexibility index (Phi) is 3.42. The van der Waals surface area contributed by atoms with E-state index in [0.717, 1.165) is 28.7 Å². The fourth-order valence-corrected chi connectivity index (χ4v) is 6.94. The standard InChI is InChI=1S/C22H21N2OS2/c1-12-14-7-8-26-16(14)10-15-18(12)20-19-21(25-15)17(9-13-5-3-4-6-13)27-22(19)23-11-24(20)2/h7-8,10-11,13H,3-6,9H2,1-2H3/q+1. The maximum absolute atomic E-state index is 6.61. The van der Waals surface area contributed by atoms with E-state index in [-0.39, 0.29) is 0 Å². The van der Waals surface area contributed by atoms with E-state index in [4.69, 9.17) is 9.72 Å². The van der Waals surface area contributed by atoms with Crippen molar-refractivity contribution >= 4 is 43.0 Å². The van der Waals surface area contributed by atoms with Gasteiger partial charge >= 0.3 is 0 Å². The van der Waals surface area contributed by atoms with Gasteiger partial charge in [0.1, 0.15) is 11.1 Å². The molecule has 4 heterocycles. The van der Waals surface area contributed by atoms with Gasteiger partial charge < -0.3 is 4.74 Å². The number of rotatable bonds is 2. The number of aryl methyl sites for hydroxylation is 2. The van der Waals surface area contributed by atoms with E-state index in [0.29, 0.717) is 0 Å². The zero-order valence-corrected chi connectivity index (χ0v) is 17.2. The lowest BCUT2D eigenvalue weighted by Gasteiger charge is -2.20. The highest BCUT2D eigenvalue weighted by Gasteiger charge is 2.34. The summed E-state index contributed by atoms with van der Waals surface area (Å²) in [5.41, 5.74) is 3.80. The second-order valence-electron chi connectivity index (χ2n) is 7.90. The Morgan fingerprint density at radius 2 is 2.15 bits per heavy atom. The summed E-state index contributed by atoms with van der Waals surface area (Å²) in [4.78, 5) is 7.23. The van der Waals surface area contributed by atoms with Crippen LogP contribution in [-0.4, -0.2) is 4.98 Å². The molecule has 6 rings (SSSR count). The van der Waals surface area contributed by atoms with E-state index in [2.05, 4.69) is 36.1 Å². The minimum Gasteiger partial charge on any atom is -0.454 e. The first-order valence-electron chi connectivity index (χ1n) is 9.69. The van der Waals surface area contributed by atoms with Crippen molar-refractivity contribution in [2.45, 2.75) is 39.0 Å². The molecule has 1 saturated carbocycles. The van der Waals surface area contributed by atoms with Crippen LogP contribution in [0.5, 0.6) is 11.5 Å². The predicted molar refractivity (Wildman–Crippen MR) is 112 cm³/mol. The van der Waals surface area contributed by atoms with E-state index >= 15 is 0 Å². The average Bonchev–Trinajstić information content (AvgIpc) is 3.39. The Morgan fingerprint density at radius 1 is 1.30 bits per heavy atom. The first-order valence-corrected chi connectivity index (χ1v) is 11.4. The SMILES string of the molecule is Cc1c2c(cc3sccc13)Oc1c(CC3CCCC3)sc3nc[n+](C)c-2c13. The summed E-state index contributed by atoms with van der Waals surface area (Å²) in [6, 6.07) is 4.46. The average molecular weight is 394 g/mol. The largest absolute Gasteiger partial charge is 0.454 e. The fraction of sp³-hybridized carbons (Fsp3) is 0.364. The first-order chi connectivity index (χ1) is 13.2. The Labute approximate surface area is 166 Å². The summed E-state index contributed by atoms with van der Waals surface area (Å²) < 4.78 is 10.1. The molecule has 5 heteroatoms. The van der Waals surface area contributed by atoms with Crippen molar-refractivity contribution in [3.05, 3.63) is 34.3 Å². The zero-order valence-electron chi connectivity index (χ0n) is 15.5. The van der Waals surface area contributed by atoms with E-state index in [1.165, 1.54) is 62.9 Å². The van der Waals surface area contributed by atoms with Gasteiger partial charge in [-0.05, 0) is 52.7 Å². The molecule has 1 aromatic carbocycles. The topological polar surface area (TPSA) is 26.0 Å². The fourth-order valence-electron chi connectivity index (χ4n) is 4.88. The third-order valence-electron chi connectivity index (χ3n) is 6.23. The third kappa shape index (κ3) is 2.25. The monoisotopic (exact) mass is 393 g/mol. The predicted octanol–water partition coefficient (Wildman–Crippen LogP) is 6.15. The molecular formula is C22H21N2OS2+. The maximum Gasteiger partial charge on any atom is 0.288 e. The van der Waals surface area contributed by atoms with Gasteiger partial charge in [-0.2, -0.15) is 0 Å². The summed E-state index contributed by atoms with van der Waals surface area (Å²) >= 11 is 3.62. The minimum atomic E-state index is 0.804. The van der Waals surface area contributed by atoms with Crippen LogP contribution in [-0.2, 0) is 13.5 Å². The van der Waals surface area contributed by atoms with Crippen LogP contribution in [0.4, 0.5) is 0 Å². The summed E-state index contributed by atoms with van der Waals surface area (Å²) in [6.45, 7) is 2.22. The van der Waals surface area contributed by atoms with Gasteiger partial charge in [0, 0.05) is 4.70 Å². The number of fused-ring (bicyclic) bond motifs is 3. The summed E-state index contributed by atoms with van der Waals surface area (Å²) in [6.07, 6.45) is 8.56. The number of thiophene rings is 2. The quantitative estimate of drug-likeness (QED) is 0.336. The normalized spacial score (nSPS) is 16.2. The molecule has 2 aliphatic rings. The van der Waals surface area contributed by atoms with Crippen LogP contribution in [0.1, 0.15) is 36.1 Å². The lowest BCUT2D eigenvalue weighted by atomic mass is 9.96. The Balaban J connectivity index is 1.64. The molecule has 0 saturated heterocycles. The molecule has 0 atom stereocenters. The Morgan fingerprint density at radius 3 is 3.00 bits per heavy atom. The van der Waals surface area contributed by atoms with Crippen molar-refractivity contribution in [2.75, 3.05) is 0 Å². The molecule has 136 valence electrons. The molecule has 0 amide bonds. The van der Waals surface area contributed by atoms with Gasteiger partial charge in [0.25, 0.3) is 6.33 Å². The molecule has 1 fully saturated rings. The molecule has 0 N–H and O–H groups in total. The molecule has 3 aromatic heterocycles. The number of hydrogen-bond acceptors (Lipinski definition) is 4. The van der Waals surface area contributed by atoms with Gasteiger partial charge in [0.2, 0.25) is 4.83 Å². The number of hydrogen-bond donors (Lipinski definition) is 0. The highest BCUT2D eigenvalue weighted by molar-refractivity contribution is 7.19. The van der Waals surface area contributed by atoms with Gasteiger partial charge in [-0.3, -0.25) is 0 Å². The van der Waals surface area contributed by atoms with Crippen LogP contribution in [0.3, 0.4) is 0 Å². The Hall–Kier alpha value is -1.98. The van der Waals surface area contributed by atoms with Crippen LogP contribution in [0, 0.1) is 12.8 Å². The van der Waals surface area contributed by atoms with Crippen LogP contribution < -0.4 is 9.30 Å². The molecule has 0 bridgehead atoms. The van der Waals surface area contributed by atoms with Crippen LogP contribution in [0.2, 0.25) is 0 Å². The van der Waals surface area contributed by atoms with Crippen LogP contribution >= 0.6 is 22.7 Å². The van der Waals surface area contributed by atoms with Gasteiger partial charge in [-0.25, -0.2) is 4.57 Å². The van der Waals surface area contributed by atoms with Crippen molar-refractivity contribution in [3.63, 3.8) is 0 Å². The maximum atomic E-state index is 6.61. The van der Waals surface area contributed by atoms with Gasteiger partial charge in [-0.15, -0.1) is 11.3 Å². The number of benzene rings is 1. The second kappa shape index (κ2) is 5.76. The van der Waals surface area contributed by atoms with Gasteiger partial charge in [0.05, 0.1) is 17.5 Å². The molecule has 1 aliphatic carbocycles. The van der Waals surface area contributed by atoms with Crippen LogP contribution in [0.15, 0.2) is 23.8 Å². The van der Waals surface area contributed by atoms with E-state index in [1.54, 1.807) is 11.3 Å². The lowest BCUT2D eigenvalue weighted by Crippen LogP contribution is -2.32.